The number of benzene rings is 1. The molecule has 1 saturated heterocycles. The highest BCUT2D eigenvalue weighted by Gasteiger charge is 2.22. The third kappa shape index (κ3) is 3.10. The number of amides is 1. The molecule has 0 saturated carbocycles. The number of halogens is 1. The highest BCUT2D eigenvalue weighted by molar-refractivity contribution is 7.80. The largest absolute Gasteiger partial charge is 0.338 e. The third-order valence-corrected chi connectivity index (χ3v) is 5.90. The van der Waals surface area contributed by atoms with Crippen molar-refractivity contribution in [1.82, 2.24) is 10.2 Å². The van der Waals surface area contributed by atoms with E-state index in [-0.39, 0.29) is 5.91 Å². The van der Waals surface area contributed by atoms with E-state index in [1.807, 2.05) is 29.2 Å². The average molecular weight is 355 g/mol. The molecule has 2 aromatic rings. The molecular weight excluding hydrogens is 338 g/mol. The summed E-state index contributed by atoms with van der Waals surface area (Å²) in [7, 11) is 2.16. The number of piperazine rings is 1. The van der Waals surface area contributed by atoms with E-state index >= 15 is 0 Å². The van der Waals surface area contributed by atoms with Crippen LogP contribution in [0.3, 0.4) is 0 Å². The van der Waals surface area contributed by atoms with Crippen LogP contribution in [-0.2, 0) is 0 Å². The molecule has 7 heteroatoms. The van der Waals surface area contributed by atoms with Crippen molar-refractivity contribution in [2.24, 2.45) is 0 Å². The van der Waals surface area contributed by atoms with Crippen LogP contribution in [0.25, 0.3) is 10.1 Å². The number of thiocarbonyl (C=S) groups is 1. The Kier molecular flexibility index (Phi) is 4.63. The molecule has 2 heterocycles. The van der Waals surface area contributed by atoms with E-state index in [1.165, 1.54) is 16.2 Å². The van der Waals surface area contributed by atoms with E-state index in [2.05, 4.69) is 12.4 Å². The first kappa shape index (κ1) is 15.7. The van der Waals surface area contributed by atoms with Gasteiger partial charge in [0.2, 0.25) is 0 Å². The minimum absolute atomic E-state index is 0.220. The van der Waals surface area contributed by atoms with E-state index in [4.69, 9.17) is 23.8 Å². The fraction of sp³-hybridized carbons (Fsp3) is 0.333. The van der Waals surface area contributed by atoms with Gasteiger partial charge in [-0.1, -0.05) is 29.8 Å². The van der Waals surface area contributed by atoms with Gasteiger partial charge < -0.3 is 9.80 Å². The van der Waals surface area contributed by atoms with Crippen LogP contribution < -0.4 is 10.2 Å². The molecule has 0 atom stereocenters. The molecule has 0 aliphatic carbocycles. The Hall–Kier alpha value is -1.21. The van der Waals surface area contributed by atoms with E-state index < -0.39 is 0 Å². The van der Waals surface area contributed by atoms with Crippen LogP contribution in [0.5, 0.6) is 0 Å². The quantitative estimate of drug-likeness (QED) is 0.760. The van der Waals surface area contributed by atoms with Crippen molar-refractivity contribution < 1.29 is 9.69 Å². The molecule has 116 valence electrons. The Morgan fingerprint density at radius 2 is 2.05 bits per heavy atom. The number of nitrogens with zero attached hydrogens (tertiary/aromatic N) is 1. The van der Waals surface area contributed by atoms with Gasteiger partial charge in [-0.25, -0.2) is 0 Å². The number of quaternary nitrogens is 1. The maximum Gasteiger partial charge on any atom is 0.269 e. The van der Waals surface area contributed by atoms with Crippen molar-refractivity contribution in [3.8, 4) is 0 Å². The Balaban J connectivity index is 1.73. The standard InChI is InChI=1S/C15H16ClN3OS2/c1-18-6-8-19(9-7-18)15(21)17-14(20)13-12(16)10-4-2-3-5-11(10)22-13/h2-5H,6-9H2,1H3,(H,17,20,21)/p+1. The van der Waals surface area contributed by atoms with Crippen LogP contribution in [0.1, 0.15) is 9.67 Å². The highest BCUT2D eigenvalue weighted by Crippen LogP contribution is 2.34. The van der Waals surface area contributed by atoms with Crippen LogP contribution in [-0.4, -0.2) is 49.1 Å². The lowest BCUT2D eigenvalue weighted by Gasteiger charge is -2.31. The second kappa shape index (κ2) is 6.50. The molecule has 4 nitrogen and oxygen atoms in total. The minimum atomic E-state index is -0.220. The van der Waals surface area contributed by atoms with E-state index in [0.717, 1.165) is 36.3 Å². The molecule has 0 spiro atoms. The molecule has 1 amide bonds. The molecule has 3 rings (SSSR count). The number of thiophene rings is 1. The summed E-state index contributed by atoms with van der Waals surface area (Å²) in [4.78, 5) is 16.5. The molecule has 1 aromatic heterocycles. The number of carbonyl (C=O) groups is 1. The summed E-state index contributed by atoms with van der Waals surface area (Å²) < 4.78 is 1.01. The van der Waals surface area contributed by atoms with Crippen LogP contribution in [0.15, 0.2) is 24.3 Å². The maximum absolute atomic E-state index is 12.4. The number of nitrogens with one attached hydrogen (secondary N) is 2. The van der Waals surface area contributed by atoms with Crippen LogP contribution in [0.2, 0.25) is 5.02 Å². The number of rotatable bonds is 1. The van der Waals surface area contributed by atoms with Crippen LogP contribution >= 0.6 is 35.2 Å². The number of fused-ring (bicyclic) bond motifs is 1. The summed E-state index contributed by atoms with van der Waals surface area (Å²) >= 11 is 13.1. The monoisotopic (exact) mass is 354 g/mol. The molecule has 1 aliphatic rings. The topological polar surface area (TPSA) is 36.8 Å². The molecule has 1 aliphatic heterocycles. The van der Waals surface area contributed by atoms with Gasteiger partial charge in [-0.05, 0) is 18.3 Å². The first-order chi connectivity index (χ1) is 10.6. The SMILES string of the molecule is C[NH+]1CCN(C(=S)NC(=O)c2sc3ccccc3c2Cl)CC1. The summed E-state index contributed by atoms with van der Waals surface area (Å²) in [6.07, 6.45) is 0. The van der Waals surface area contributed by atoms with Crippen LogP contribution in [0, 0.1) is 0 Å². The average Bonchev–Trinajstić information content (AvgIpc) is 2.85. The summed E-state index contributed by atoms with van der Waals surface area (Å²) in [5.74, 6) is -0.220. The molecule has 1 fully saturated rings. The van der Waals surface area contributed by atoms with Gasteiger partial charge in [0.15, 0.2) is 5.11 Å². The molecule has 0 unspecified atom stereocenters. The van der Waals surface area contributed by atoms with Crippen molar-refractivity contribution in [2.45, 2.75) is 0 Å². The van der Waals surface area contributed by atoms with Gasteiger partial charge in [0.25, 0.3) is 5.91 Å². The Morgan fingerprint density at radius 3 is 2.73 bits per heavy atom. The smallest absolute Gasteiger partial charge is 0.269 e. The Morgan fingerprint density at radius 1 is 1.36 bits per heavy atom. The fourth-order valence-electron chi connectivity index (χ4n) is 2.48. The van der Waals surface area contributed by atoms with Gasteiger partial charge >= 0.3 is 0 Å². The zero-order chi connectivity index (χ0) is 15.7. The zero-order valence-electron chi connectivity index (χ0n) is 12.2. The Labute approximate surface area is 143 Å². The van der Waals surface area contributed by atoms with E-state index in [1.54, 1.807) is 0 Å². The molecule has 0 bridgehead atoms. The third-order valence-electron chi connectivity index (χ3n) is 3.87. The van der Waals surface area contributed by atoms with Crippen molar-refractivity contribution in [3.05, 3.63) is 34.2 Å². The Bertz CT molecular complexity index is 723. The highest BCUT2D eigenvalue weighted by atomic mass is 35.5. The molecule has 1 aromatic carbocycles. The summed E-state index contributed by atoms with van der Waals surface area (Å²) in [6.45, 7) is 3.79. The maximum atomic E-state index is 12.4. The summed E-state index contributed by atoms with van der Waals surface area (Å²) in [5.41, 5.74) is 0. The zero-order valence-corrected chi connectivity index (χ0v) is 14.6. The van der Waals surface area contributed by atoms with E-state index in [9.17, 15) is 4.79 Å². The lowest BCUT2D eigenvalue weighted by Crippen LogP contribution is -3.12. The number of likely N-dealkylation sites (N-methyl/N-ethyl adjacent to an activating group) is 1. The molecular formula is C15H17ClN3OS2+. The first-order valence-electron chi connectivity index (χ1n) is 7.15. The summed E-state index contributed by atoms with van der Waals surface area (Å²) in [6, 6.07) is 7.74. The number of carbonyl (C=O) groups excluding carboxylic acids is 1. The number of hydrogen-bond donors (Lipinski definition) is 2. The van der Waals surface area contributed by atoms with Crippen molar-refractivity contribution in [1.29, 1.82) is 0 Å². The minimum Gasteiger partial charge on any atom is -0.338 e. The number of hydrogen-bond acceptors (Lipinski definition) is 3. The normalized spacial score (nSPS) is 16.0. The van der Waals surface area contributed by atoms with Gasteiger partial charge in [-0.15, -0.1) is 11.3 Å². The van der Waals surface area contributed by atoms with Gasteiger partial charge in [0.05, 0.1) is 38.2 Å². The van der Waals surface area contributed by atoms with Crippen LogP contribution in [0.4, 0.5) is 0 Å². The second-order valence-electron chi connectivity index (χ2n) is 5.44. The van der Waals surface area contributed by atoms with Gasteiger partial charge in [0.1, 0.15) is 4.88 Å². The molecule has 22 heavy (non-hydrogen) atoms. The summed E-state index contributed by atoms with van der Waals surface area (Å²) in [5, 5.41) is 4.72. The second-order valence-corrected chi connectivity index (χ2v) is 7.26. The van der Waals surface area contributed by atoms with E-state index in [0.29, 0.717) is 15.0 Å². The lowest BCUT2D eigenvalue weighted by atomic mass is 10.2. The molecule has 0 radical (unpaired) electrons. The van der Waals surface area contributed by atoms with Crippen molar-refractivity contribution >= 4 is 56.3 Å². The first-order valence-corrected chi connectivity index (χ1v) is 8.75. The molecule has 2 N–H and O–H groups in total. The van der Waals surface area contributed by atoms with Gasteiger partial charge in [-0.3, -0.25) is 10.1 Å². The predicted molar refractivity (Wildman–Crippen MR) is 95.1 cm³/mol. The fourth-order valence-corrected chi connectivity index (χ4v) is 4.17. The lowest BCUT2D eigenvalue weighted by molar-refractivity contribution is -0.883. The van der Waals surface area contributed by atoms with Crippen molar-refractivity contribution in [2.75, 3.05) is 33.2 Å². The van der Waals surface area contributed by atoms with Gasteiger partial charge in [0, 0.05) is 10.1 Å². The predicted octanol–water partition coefficient (Wildman–Crippen LogP) is 1.40. The van der Waals surface area contributed by atoms with Crippen molar-refractivity contribution in [3.63, 3.8) is 0 Å². The van der Waals surface area contributed by atoms with Gasteiger partial charge in [-0.2, -0.15) is 0 Å².